The van der Waals surface area contributed by atoms with Crippen molar-refractivity contribution >= 4 is 24.0 Å². The van der Waals surface area contributed by atoms with E-state index in [0.717, 1.165) is 0 Å². The predicted molar refractivity (Wildman–Crippen MR) is 109 cm³/mol. The van der Waals surface area contributed by atoms with Crippen LogP contribution in [0.15, 0.2) is 49.6 Å². The molecule has 2 saturated carbocycles. The van der Waals surface area contributed by atoms with E-state index in [2.05, 4.69) is 18.5 Å². The number of alkyl carbamates (subject to hydrolysis) is 1. The molecule has 0 radical (unpaired) electrons. The molecule has 9 nitrogen and oxygen atoms in total. The largest absolute Gasteiger partial charge is 0.461 e. The zero-order valence-corrected chi connectivity index (χ0v) is 17.3. The maximum Gasteiger partial charge on any atom is 0.408 e. The minimum atomic E-state index is -1.51. The van der Waals surface area contributed by atoms with Gasteiger partial charge in [-0.1, -0.05) is 43.5 Å². The first-order valence-corrected chi connectivity index (χ1v) is 10.3. The smallest absolute Gasteiger partial charge is 0.408 e. The lowest BCUT2D eigenvalue weighted by Crippen LogP contribution is -2.57. The average Bonchev–Trinajstić information content (AvgIpc) is 3.29. The van der Waals surface area contributed by atoms with Gasteiger partial charge < -0.3 is 24.3 Å². The third-order valence-electron chi connectivity index (χ3n) is 6.11. The molecule has 1 N–H and O–H groups in total. The van der Waals surface area contributed by atoms with E-state index in [0.29, 0.717) is 17.5 Å². The fourth-order valence-corrected chi connectivity index (χ4v) is 4.72. The van der Waals surface area contributed by atoms with Gasteiger partial charge >= 0.3 is 24.0 Å². The van der Waals surface area contributed by atoms with Crippen LogP contribution in [0.4, 0.5) is 4.79 Å². The number of benzene rings is 1. The Labute approximate surface area is 184 Å². The first-order chi connectivity index (χ1) is 15.4. The second kappa shape index (κ2) is 8.49. The number of nitrogens with one attached hydrogen (secondary N) is 1. The van der Waals surface area contributed by atoms with Gasteiger partial charge in [-0.2, -0.15) is 0 Å². The molecule has 0 aromatic heterocycles. The van der Waals surface area contributed by atoms with Gasteiger partial charge in [-0.25, -0.2) is 14.4 Å². The van der Waals surface area contributed by atoms with Gasteiger partial charge in [-0.15, -0.1) is 0 Å². The summed E-state index contributed by atoms with van der Waals surface area (Å²) in [4.78, 5) is 50.3. The van der Waals surface area contributed by atoms with Crippen LogP contribution in [0.5, 0.6) is 0 Å². The lowest BCUT2D eigenvalue weighted by atomic mass is 9.90. The van der Waals surface area contributed by atoms with Crippen LogP contribution in [0.1, 0.15) is 35.1 Å². The number of carbonyl (C=O) groups excluding carboxylic acids is 4. The number of ether oxygens (including phenoxy) is 4. The van der Waals surface area contributed by atoms with Crippen molar-refractivity contribution in [2.75, 3.05) is 13.2 Å². The molecule has 1 aromatic carbocycles. The van der Waals surface area contributed by atoms with Crippen molar-refractivity contribution in [2.24, 2.45) is 17.8 Å². The zero-order valence-electron chi connectivity index (χ0n) is 17.3. The molecular weight excluding hydrogens is 418 g/mol. The summed E-state index contributed by atoms with van der Waals surface area (Å²) >= 11 is 0. The summed E-state index contributed by atoms with van der Waals surface area (Å²) in [6.45, 7) is 7.00. The Balaban J connectivity index is 1.56. The number of rotatable bonds is 8. The molecule has 9 heteroatoms. The van der Waals surface area contributed by atoms with E-state index >= 15 is 0 Å². The van der Waals surface area contributed by atoms with Gasteiger partial charge in [-0.3, -0.25) is 4.79 Å². The third kappa shape index (κ3) is 3.63. The lowest BCUT2D eigenvalue weighted by molar-refractivity contribution is -0.176. The van der Waals surface area contributed by atoms with Crippen LogP contribution in [-0.2, 0) is 28.5 Å². The summed E-state index contributed by atoms with van der Waals surface area (Å²) in [6.07, 6.45) is 1.53. The monoisotopic (exact) mass is 441 g/mol. The van der Waals surface area contributed by atoms with Gasteiger partial charge in [-0.05, 0) is 24.8 Å². The normalized spacial score (nSPS) is 29.1. The van der Waals surface area contributed by atoms with Crippen molar-refractivity contribution in [1.29, 1.82) is 0 Å². The summed E-state index contributed by atoms with van der Waals surface area (Å²) in [6, 6.07) is 6.57. The first kappa shape index (κ1) is 21.6. The molecule has 3 aliphatic rings. The molecule has 2 aliphatic carbocycles. The Morgan fingerprint density at radius 3 is 2.62 bits per heavy atom. The van der Waals surface area contributed by atoms with Crippen LogP contribution in [0.2, 0.25) is 0 Å². The maximum atomic E-state index is 13.4. The molecule has 0 bridgehead atoms. The molecule has 32 heavy (non-hydrogen) atoms. The summed E-state index contributed by atoms with van der Waals surface area (Å²) in [5.41, 5.74) is -0.785. The zero-order chi connectivity index (χ0) is 22.9. The van der Waals surface area contributed by atoms with Gasteiger partial charge in [0, 0.05) is 11.5 Å². The fraction of sp³-hybridized carbons (Fsp3) is 0.391. The van der Waals surface area contributed by atoms with Crippen LogP contribution >= 0.6 is 0 Å². The van der Waals surface area contributed by atoms with E-state index in [-0.39, 0.29) is 25.6 Å². The van der Waals surface area contributed by atoms with E-state index in [4.69, 9.17) is 18.9 Å². The van der Waals surface area contributed by atoms with Crippen LogP contribution in [0, 0.1) is 17.8 Å². The van der Waals surface area contributed by atoms with Gasteiger partial charge in [0.2, 0.25) is 0 Å². The molecule has 1 amide bonds. The summed E-state index contributed by atoms with van der Waals surface area (Å²) in [7, 11) is 0. The van der Waals surface area contributed by atoms with Crippen molar-refractivity contribution in [3.63, 3.8) is 0 Å². The maximum absolute atomic E-state index is 13.4. The molecule has 1 aliphatic heterocycles. The SMILES string of the molecule is C=CCOC(=O)N[C@@]1(C(=O)OC2OC(=O)c3ccccc32)CC[C@H]2[C@H](C(=O)OCC=C)[C@H]21. The molecular formula is C23H23NO8. The van der Waals surface area contributed by atoms with Gasteiger partial charge in [0.1, 0.15) is 18.8 Å². The number of cyclic esters (lactones) is 1. The molecule has 1 unspecified atom stereocenters. The molecule has 0 saturated heterocycles. The number of amides is 1. The molecule has 1 heterocycles. The minimum Gasteiger partial charge on any atom is -0.461 e. The Bertz CT molecular complexity index is 988. The van der Waals surface area contributed by atoms with Crippen molar-refractivity contribution < 1.29 is 38.1 Å². The predicted octanol–water partition coefficient (Wildman–Crippen LogP) is 2.44. The highest BCUT2D eigenvalue weighted by atomic mass is 16.7. The average molecular weight is 441 g/mol. The van der Waals surface area contributed by atoms with Crippen molar-refractivity contribution in [3.8, 4) is 0 Å². The Morgan fingerprint density at radius 2 is 1.88 bits per heavy atom. The number of fused-ring (bicyclic) bond motifs is 2. The summed E-state index contributed by atoms with van der Waals surface area (Å²) in [5, 5.41) is 2.62. The molecule has 2 fully saturated rings. The van der Waals surface area contributed by atoms with Crippen LogP contribution in [0.25, 0.3) is 0 Å². The van der Waals surface area contributed by atoms with Gasteiger partial charge in [0.25, 0.3) is 6.29 Å². The van der Waals surface area contributed by atoms with Crippen LogP contribution < -0.4 is 5.32 Å². The Morgan fingerprint density at radius 1 is 1.16 bits per heavy atom. The van der Waals surface area contributed by atoms with Crippen molar-refractivity contribution in [1.82, 2.24) is 5.32 Å². The Hall–Kier alpha value is -3.62. The first-order valence-electron chi connectivity index (χ1n) is 10.3. The third-order valence-corrected chi connectivity index (χ3v) is 6.11. The topological polar surface area (TPSA) is 117 Å². The lowest BCUT2D eigenvalue weighted by Gasteiger charge is -2.31. The Kier molecular flexibility index (Phi) is 5.73. The molecule has 1 aromatic rings. The molecule has 0 spiro atoms. The summed E-state index contributed by atoms with van der Waals surface area (Å²) < 4.78 is 20.9. The van der Waals surface area contributed by atoms with E-state index < -0.39 is 47.7 Å². The van der Waals surface area contributed by atoms with Crippen molar-refractivity contribution in [3.05, 3.63) is 60.7 Å². The van der Waals surface area contributed by atoms with Crippen LogP contribution in [-0.4, -0.2) is 42.8 Å². The highest BCUT2D eigenvalue weighted by Crippen LogP contribution is 2.63. The standard InChI is InChI=1S/C23H23NO8/c1-3-11-29-19(26)16-15-9-10-23(17(15)16,24-22(28)30-12-4-2)21(27)32-20-14-8-6-5-7-13(14)18(25)31-20/h3-8,15-17,20H,1-2,9-12H2,(H,24,28)/t15-,16-,17-,20?,23-/m0/s1. The second-order valence-corrected chi connectivity index (χ2v) is 7.89. The number of carbonyl (C=O) groups is 4. The van der Waals surface area contributed by atoms with Crippen molar-refractivity contribution in [2.45, 2.75) is 24.7 Å². The van der Waals surface area contributed by atoms with Crippen LogP contribution in [0.3, 0.4) is 0 Å². The number of esters is 3. The highest BCUT2D eigenvalue weighted by Gasteiger charge is 2.73. The molecule has 168 valence electrons. The number of hydrogen-bond donors (Lipinski definition) is 1. The van der Waals surface area contributed by atoms with E-state index in [9.17, 15) is 19.2 Å². The van der Waals surface area contributed by atoms with E-state index in [1.54, 1.807) is 24.3 Å². The van der Waals surface area contributed by atoms with E-state index in [1.807, 2.05) is 0 Å². The summed E-state index contributed by atoms with van der Waals surface area (Å²) in [5.74, 6) is -3.08. The quantitative estimate of drug-likeness (QED) is 0.371. The molecule has 4 rings (SSSR count). The van der Waals surface area contributed by atoms with Gasteiger partial charge in [0.15, 0.2) is 0 Å². The van der Waals surface area contributed by atoms with E-state index in [1.165, 1.54) is 12.2 Å². The highest BCUT2D eigenvalue weighted by molar-refractivity contribution is 5.95. The second-order valence-electron chi connectivity index (χ2n) is 7.89. The van der Waals surface area contributed by atoms with Gasteiger partial charge in [0.05, 0.1) is 11.5 Å². The minimum absolute atomic E-state index is 0.0514. The molecule has 5 atom stereocenters. The number of hydrogen-bond acceptors (Lipinski definition) is 8. The fourth-order valence-electron chi connectivity index (χ4n) is 4.72.